The zero-order valence-corrected chi connectivity index (χ0v) is 8.43. The fraction of sp³-hybridized carbons (Fsp3) is 0.167. The summed E-state index contributed by atoms with van der Waals surface area (Å²) in [6.07, 6.45) is 4.03. The maximum atomic E-state index is 10.6. The topological polar surface area (TPSA) is 54.4 Å². The third-order valence-electron chi connectivity index (χ3n) is 1.86. The van der Waals surface area contributed by atoms with Gasteiger partial charge in [0.15, 0.2) is 0 Å². The van der Waals surface area contributed by atoms with Crippen molar-refractivity contribution >= 4 is 18.3 Å². The van der Waals surface area contributed by atoms with Gasteiger partial charge in [-0.3, -0.25) is 9.59 Å². The number of carbonyl (C=O) groups is 2. The van der Waals surface area contributed by atoms with Crippen LogP contribution in [0.5, 0.6) is 0 Å². The number of aldehydes is 1. The Hall–Kier alpha value is -1.90. The van der Waals surface area contributed by atoms with Crippen molar-refractivity contribution in [1.29, 1.82) is 0 Å². The summed E-state index contributed by atoms with van der Waals surface area (Å²) in [5.74, 6) is -0.866. The average molecular weight is 204 g/mol. The molecule has 0 aliphatic rings. The van der Waals surface area contributed by atoms with Crippen LogP contribution in [0.2, 0.25) is 0 Å². The molecule has 1 aromatic carbocycles. The van der Waals surface area contributed by atoms with Gasteiger partial charge in [-0.1, -0.05) is 18.2 Å². The molecular formula is C12H12O3. The van der Waals surface area contributed by atoms with Gasteiger partial charge in [0.1, 0.15) is 6.29 Å². The predicted molar refractivity (Wildman–Crippen MR) is 57.9 cm³/mol. The van der Waals surface area contributed by atoms with Gasteiger partial charge in [-0.05, 0) is 30.2 Å². The third kappa shape index (κ3) is 3.77. The van der Waals surface area contributed by atoms with Crippen molar-refractivity contribution in [3.63, 3.8) is 0 Å². The molecule has 0 aliphatic heterocycles. The predicted octanol–water partition coefficient (Wildman–Crippen LogP) is 2.30. The SMILES string of the molecule is Cc1cc(C=O)cc(C=CCC(=O)O)c1. The van der Waals surface area contributed by atoms with Crippen LogP contribution in [0.3, 0.4) is 0 Å². The molecule has 0 bridgehead atoms. The first-order valence-corrected chi connectivity index (χ1v) is 4.57. The maximum absolute atomic E-state index is 10.6. The molecule has 3 nitrogen and oxygen atoms in total. The molecule has 78 valence electrons. The lowest BCUT2D eigenvalue weighted by Gasteiger charge is -1.98. The van der Waals surface area contributed by atoms with Gasteiger partial charge in [-0.15, -0.1) is 0 Å². The Balaban J connectivity index is 2.85. The number of aliphatic carboxylic acids is 1. The fourth-order valence-corrected chi connectivity index (χ4v) is 1.30. The molecule has 1 aromatic rings. The van der Waals surface area contributed by atoms with Gasteiger partial charge >= 0.3 is 5.97 Å². The molecule has 3 heteroatoms. The Morgan fingerprint density at radius 3 is 2.60 bits per heavy atom. The van der Waals surface area contributed by atoms with Crippen molar-refractivity contribution in [3.05, 3.63) is 41.0 Å². The van der Waals surface area contributed by atoms with Crippen LogP contribution in [0, 0.1) is 6.92 Å². The third-order valence-corrected chi connectivity index (χ3v) is 1.86. The lowest BCUT2D eigenvalue weighted by molar-refractivity contribution is -0.135. The van der Waals surface area contributed by atoms with Gasteiger partial charge in [0.2, 0.25) is 0 Å². The van der Waals surface area contributed by atoms with E-state index < -0.39 is 5.97 Å². The molecule has 0 aromatic heterocycles. The van der Waals surface area contributed by atoms with E-state index in [9.17, 15) is 9.59 Å². The standard InChI is InChI=1S/C12H12O3/c1-9-5-10(3-2-4-12(14)15)7-11(6-9)8-13/h2-3,5-8H,4H2,1H3,(H,14,15). The molecular weight excluding hydrogens is 192 g/mol. The second-order valence-electron chi connectivity index (χ2n) is 3.30. The minimum absolute atomic E-state index is 0.00956. The summed E-state index contributed by atoms with van der Waals surface area (Å²) in [5, 5.41) is 8.44. The number of benzene rings is 1. The second-order valence-corrected chi connectivity index (χ2v) is 3.30. The van der Waals surface area contributed by atoms with Crippen molar-refractivity contribution in [3.8, 4) is 0 Å². The highest BCUT2D eigenvalue weighted by Gasteiger charge is 1.95. The van der Waals surface area contributed by atoms with Gasteiger partial charge in [-0.25, -0.2) is 0 Å². The zero-order valence-electron chi connectivity index (χ0n) is 8.43. The first-order chi connectivity index (χ1) is 7.11. The smallest absolute Gasteiger partial charge is 0.307 e. The van der Waals surface area contributed by atoms with Crippen molar-refractivity contribution in [2.75, 3.05) is 0 Å². The highest BCUT2D eigenvalue weighted by Crippen LogP contribution is 2.10. The van der Waals surface area contributed by atoms with Gasteiger partial charge < -0.3 is 5.11 Å². The Labute approximate surface area is 88.0 Å². The van der Waals surface area contributed by atoms with Gasteiger partial charge in [0.05, 0.1) is 6.42 Å². The molecule has 0 spiro atoms. The maximum Gasteiger partial charge on any atom is 0.307 e. The van der Waals surface area contributed by atoms with E-state index in [1.807, 2.05) is 13.0 Å². The normalized spacial score (nSPS) is 10.5. The largest absolute Gasteiger partial charge is 0.481 e. The second kappa shape index (κ2) is 5.10. The van der Waals surface area contributed by atoms with Crippen LogP contribution >= 0.6 is 0 Å². The molecule has 0 saturated carbocycles. The number of carboxylic acid groups (broad SMARTS) is 1. The number of hydrogen-bond acceptors (Lipinski definition) is 2. The van der Waals surface area contributed by atoms with Crippen LogP contribution in [0.15, 0.2) is 24.3 Å². The van der Waals surface area contributed by atoms with E-state index in [1.165, 1.54) is 0 Å². The van der Waals surface area contributed by atoms with E-state index in [2.05, 4.69) is 0 Å². The van der Waals surface area contributed by atoms with Gasteiger partial charge in [0, 0.05) is 5.56 Å². The van der Waals surface area contributed by atoms with Crippen LogP contribution in [0.4, 0.5) is 0 Å². The number of aryl methyl sites for hydroxylation is 1. The summed E-state index contributed by atoms with van der Waals surface area (Å²) >= 11 is 0. The molecule has 0 amide bonds. The van der Waals surface area contributed by atoms with Gasteiger partial charge in [-0.2, -0.15) is 0 Å². The molecule has 0 saturated heterocycles. The minimum atomic E-state index is -0.866. The van der Waals surface area contributed by atoms with Crippen LogP contribution in [-0.2, 0) is 4.79 Å². The summed E-state index contributed by atoms with van der Waals surface area (Å²) in [7, 11) is 0. The number of hydrogen-bond donors (Lipinski definition) is 1. The van der Waals surface area contributed by atoms with E-state index >= 15 is 0 Å². The van der Waals surface area contributed by atoms with E-state index in [4.69, 9.17) is 5.11 Å². The van der Waals surface area contributed by atoms with Crippen LogP contribution < -0.4 is 0 Å². The highest BCUT2D eigenvalue weighted by atomic mass is 16.4. The van der Waals surface area contributed by atoms with E-state index in [-0.39, 0.29) is 6.42 Å². The Morgan fingerprint density at radius 1 is 1.33 bits per heavy atom. The summed E-state index contributed by atoms with van der Waals surface area (Å²) in [4.78, 5) is 20.8. The quantitative estimate of drug-likeness (QED) is 0.765. The first-order valence-electron chi connectivity index (χ1n) is 4.57. The summed E-state index contributed by atoms with van der Waals surface area (Å²) in [5.41, 5.74) is 2.43. The molecule has 0 unspecified atom stereocenters. The zero-order chi connectivity index (χ0) is 11.3. The number of rotatable bonds is 4. The molecule has 0 radical (unpaired) electrons. The Morgan fingerprint density at radius 2 is 2.00 bits per heavy atom. The van der Waals surface area contributed by atoms with Crippen LogP contribution in [-0.4, -0.2) is 17.4 Å². The molecule has 0 heterocycles. The van der Waals surface area contributed by atoms with Crippen molar-refractivity contribution in [1.82, 2.24) is 0 Å². The van der Waals surface area contributed by atoms with Crippen LogP contribution in [0.1, 0.15) is 27.9 Å². The summed E-state index contributed by atoms with van der Waals surface area (Å²) in [6.45, 7) is 1.89. The Kier molecular flexibility index (Phi) is 3.80. The lowest BCUT2D eigenvalue weighted by Crippen LogP contribution is -1.90. The monoisotopic (exact) mass is 204 g/mol. The summed E-state index contributed by atoms with van der Waals surface area (Å²) < 4.78 is 0. The minimum Gasteiger partial charge on any atom is -0.481 e. The molecule has 0 atom stereocenters. The number of carbonyl (C=O) groups excluding carboxylic acids is 1. The first kappa shape index (κ1) is 11.2. The van der Waals surface area contributed by atoms with Crippen molar-refractivity contribution < 1.29 is 14.7 Å². The van der Waals surface area contributed by atoms with E-state index in [0.29, 0.717) is 5.56 Å². The molecule has 0 fully saturated rings. The molecule has 1 rings (SSSR count). The van der Waals surface area contributed by atoms with Crippen LogP contribution in [0.25, 0.3) is 6.08 Å². The molecule has 1 N–H and O–H groups in total. The van der Waals surface area contributed by atoms with Crippen molar-refractivity contribution in [2.24, 2.45) is 0 Å². The number of carboxylic acids is 1. The van der Waals surface area contributed by atoms with E-state index in [0.717, 1.165) is 17.4 Å². The highest BCUT2D eigenvalue weighted by molar-refractivity contribution is 5.77. The average Bonchev–Trinajstić information content (AvgIpc) is 2.16. The molecule has 0 aliphatic carbocycles. The van der Waals surface area contributed by atoms with Gasteiger partial charge in [0.25, 0.3) is 0 Å². The lowest BCUT2D eigenvalue weighted by atomic mass is 10.1. The van der Waals surface area contributed by atoms with Crippen molar-refractivity contribution in [2.45, 2.75) is 13.3 Å². The molecule has 15 heavy (non-hydrogen) atoms. The summed E-state index contributed by atoms with van der Waals surface area (Å²) in [6, 6.07) is 5.39. The Bertz CT molecular complexity index is 405. The fourth-order valence-electron chi connectivity index (χ4n) is 1.30. The van der Waals surface area contributed by atoms with E-state index in [1.54, 1.807) is 24.3 Å².